The highest BCUT2D eigenvalue weighted by Crippen LogP contribution is 2.30. The molecule has 0 saturated carbocycles. The molecule has 0 amide bonds. The molecule has 32 heavy (non-hydrogen) atoms. The topological polar surface area (TPSA) is 76.9 Å². The van der Waals surface area contributed by atoms with Crippen molar-refractivity contribution in [2.24, 2.45) is 0 Å². The summed E-state index contributed by atoms with van der Waals surface area (Å²) in [5.41, 5.74) is 2.17. The van der Waals surface area contributed by atoms with Gasteiger partial charge in [0.05, 0.1) is 12.3 Å². The van der Waals surface area contributed by atoms with Crippen LogP contribution in [-0.4, -0.2) is 39.4 Å². The Morgan fingerprint density at radius 3 is 2.75 bits per heavy atom. The SMILES string of the molecule is CCOc1ccc(-n2nnnc2C(F)(F)F)cc1CN[C@H]1CCCN[C@@H]1c1ccccc1. The third-order valence-corrected chi connectivity index (χ3v) is 5.48. The van der Waals surface area contributed by atoms with Crippen LogP contribution in [0.4, 0.5) is 13.2 Å². The summed E-state index contributed by atoms with van der Waals surface area (Å²) >= 11 is 0. The Balaban J connectivity index is 1.58. The second kappa shape index (κ2) is 9.66. The summed E-state index contributed by atoms with van der Waals surface area (Å²) in [6, 6.07) is 15.4. The van der Waals surface area contributed by atoms with Gasteiger partial charge in [0.2, 0.25) is 0 Å². The van der Waals surface area contributed by atoms with Crippen molar-refractivity contribution in [1.29, 1.82) is 0 Å². The molecule has 7 nitrogen and oxygen atoms in total. The van der Waals surface area contributed by atoms with Gasteiger partial charge < -0.3 is 15.4 Å². The molecule has 1 saturated heterocycles. The molecule has 0 unspecified atom stereocenters. The molecule has 0 aliphatic carbocycles. The predicted molar refractivity (Wildman–Crippen MR) is 112 cm³/mol. The fourth-order valence-electron chi connectivity index (χ4n) is 4.03. The lowest BCUT2D eigenvalue weighted by molar-refractivity contribution is -0.146. The molecule has 10 heteroatoms. The zero-order valence-corrected chi connectivity index (χ0v) is 17.6. The van der Waals surface area contributed by atoms with Gasteiger partial charge in [0.1, 0.15) is 5.75 Å². The average Bonchev–Trinajstić information content (AvgIpc) is 3.30. The van der Waals surface area contributed by atoms with Crippen LogP contribution in [0.15, 0.2) is 48.5 Å². The summed E-state index contributed by atoms with van der Waals surface area (Å²) < 4.78 is 46.2. The van der Waals surface area contributed by atoms with Gasteiger partial charge >= 0.3 is 6.18 Å². The highest BCUT2D eigenvalue weighted by atomic mass is 19.4. The van der Waals surface area contributed by atoms with E-state index in [1.807, 2.05) is 25.1 Å². The monoisotopic (exact) mass is 446 g/mol. The second-order valence-corrected chi connectivity index (χ2v) is 7.61. The van der Waals surface area contributed by atoms with Gasteiger partial charge in [-0.15, -0.1) is 5.10 Å². The Labute approximate surface area is 184 Å². The fraction of sp³-hybridized carbons (Fsp3) is 0.409. The normalized spacial score (nSPS) is 19.1. The van der Waals surface area contributed by atoms with E-state index in [0.717, 1.165) is 24.9 Å². The Morgan fingerprint density at radius 2 is 2.00 bits per heavy atom. The van der Waals surface area contributed by atoms with E-state index < -0.39 is 12.0 Å². The summed E-state index contributed by atoms with van der Waals surface area (Å²) in [6.45, 7) is 3.69. The van der Waals surface area contributed by atoms with Crippen LogP contribution in [0.5, 0.6) is 5.75 Å². The minimum Gasteiger partial charge on any atom is -0.494 e. The zero-order valence-electron chi connectivity index (χ0n) is 17.6. The van der Waals surface area contributed by atoms with Gasteiger partial charge in [-0.1, -0.05) is 30.3 Å². The molecule has 0 bridgehead atoms. The molecule has 2 heterocycles. The van der Waals surface area contributed by atoms with E-state index in [-0.39, 0.29) is 17.8 Å². The van der Waals surface area contributed by atoms with Crippen molar-refractivity contribution in [2.45, 2.75) is 44.6 Å². The number of rotatable bonds is 7. The number of nitrogens with one attached hydrogen (secondary N) is 2. The van der Waals surface area contributed by atoms with E-state index in [1.54, 1.807) is 12.1 Å². The molecular weight excluding hydrogens is 421 g/mol. The first kappa shape index (κ1) is 22.2. The molecule has 1 fully saturated rings. The fourth-order valence-corrected chi connectivity index (χ4v) is 4.03. The van der Waals surface area contributed by atoms with Crippen molar-refractivity contribution in [2.75, 3.05) is 13.2 Å². The van der Waals surface area contributed by atoms with Crippen LogP contribution < -0.4 is 15.4 Å². The number of benzene rings is 2. The third-order valence-electron chi connectivity index (χ3n) is 5.48. The Hall–Kier alpha value is -2.98. The van der Waals surface area contributed by atoms with E-state index in [2.05, 4.69) is 38.3 Å². The summed E-state index contributed by atoms with van der Waals surface area (Å²) in [6.07, 6.45) is -2.63. The molecule has 1 aliphatic heterocycles. The number of halogens is 3. The number of nitrogens with zero attached hydrogens (tertiary/aromatic N) is 4. The first-order chi connectivity index (χ1) is 15.5. The van der Waals surface area contributed by atoms with E-state index in [4.69, 9.17) is 4.74 Å². The minimum atomic E-state index is -4.66. The van der Waals surface area contributed by atoms with Crippen LogP contribution in [0, 0.1) is 0 Å². The lowest BCUT2D eigenvalue weighted by Gasteiger charge is -2.34. The zero-order chi connectivity index (χ0) is 22.6. The van der Waals surface area contributed by atoms with Gasteiger partial charge in [0.25, 0.3) is 5.82 Å². The molecule has 1 aromatic heterocycles. The van der Waals surface area contributed by atoms with Gasteiger partial charge in [0, 0.05) is 24.2 Å². The van der Waals surface area contributed by atoms with Crippen molar-refractivity contribution in [3.8, 4) is 11.4 Å². The number of ether oxygens (including phenoxy) is 1. The van der Waals surface area contributed by atoms with Gasteiger partial charge in [-0.05, 0) is 60.5 Å². The van der Waals surface area contributed by atoms with Crippen LogP contribution in [0.3, 0.4) is 0 Å². The Morgan fingerprint density at radius 1 is 1.19 bits per heavy atom. The highest BCUT2D eigenvalue weighted by molar-refractivity contribution is 5.44. The number of hydrogen-bond acceptors (Lipinski definition) is 6. The van der Waals surface area contributed by atoms with Gasteiger partial charge in [-0.2, -0.15) is 17.9 Å². The van der Waals surface area contributed by atoms with E-state index in [0.29, 0.717) is 23.6 Å². The van der Waals surface area contributed by atoms with Gasteiger partial charge in [-0.3, -0.25) is 0 Å². The number of aromatic nitrogens is 4. The first-order valence-corrected chi connectivity index (χ1v) is 10.6. The number of alkyl halides is 3. The van der Waals surface area contributed by atoms with E-state index in [1.165, 1.54) is 11.6 Å². The molecule has 3 aromatic rings. The maximum atomic E-state index is 13.3. The van der Waals surface area contributed by atoms with Crippen molar-refractivity contribution < 1.29 is 17.9 Å². The van der Waals surface area contributed by atoms with Crippen LogP contribution in [0.25, 0.3) is 5.69 Å². The standard InChI is InChI=1S/C22H25F3N6O/c1-2-32-19-11-10-17(31-21(22(23,24)25)28-29-30-31)13-16(19)14-27-18-9-6-12-26-20(18)15-7-4-3-5-8-15/h3-5,7-8,10-11,13,18,20,26-27H,2,6,9,12,14H2,1H3/t18-,20+/m0/s1. The molecule has 2 atom stereocenters. The minimum absolute atomic E-state index is 0.153. The summed E-state index contributed by atoms with van der Waals surface area (Å²) in [5, 5.41) is 17.0. The maximum absolute atomic E-state index is 13.3. The molecule has 1 aliphatic rings. The molecular formula is C22H25F3N6O. The molecule has 4 rings (SSSR count). The lowest BCUT2D eigenvalue weighted by Crippen LogP contribution is -2.45. The van der Waals surface area contributed by atoms with Crippen molar-refractivity contribution in [3.05, 3.63) is 65.5 Å². The first-order valence-electron chi connectivity index (χ1n) is 10.6. The van der Waals surface area contributed by atoms with E-state index in [9.17, 15) is 13.2 Å². The van der Waals surface area contributed by atoms with Crippen LogP contribution in [0.1, 0.15) is 42.8 Å². The Kier molecular flexibility index (Phi) is 6.71. The smallest absolute Gasteiger partial charge is 0.453 e. The second-order valence-electron chi connectivity index (χ2n) is 7.61. The molecule has 170 valence electrons. The summed E-state index contributed by atoms with van der Waals surface area (Å²) in [5.74, 6) is -0.549. The quantitative estimate of drug-likeness (QED) is 0.577. The van der Waals surface area contributed by atoms with Crippen LogP contribution in [0.2, 0.25) is 0 Å². The molecule has 2 aromatic carbocycles. The van der Waals surface area contributed by atoms with Gasteiger partial charge in [0.15, 0.2) is 0 Å². The lowest BCUT2D eigenvalue weighted by atomic mass is 9.92. The van der Waals surface area contributed by atoms with Crippen molar-refractivity contribution in [1.82, 2.24) is 30.8 Å². The van der Waals surface area contributed by atoms with Crippen molar-refractivity contribution in [3.63, 3.8) is 0 Å². The van der Waals surface area contributed by atoms with E-state index >= 15 is 0 Å². The molecule has 0 radical (unpaired) electrons. The summed E-state index contributed by atoms with van der Waals surface area (Å²) in [7, 11) is 0. The number of tetrazole rings is 1. The number of piperidine rings is 1. The molecule has 2 N–H and O–H groups in total. The van der Waals surface area contributed by atoms with Crippen LogP contribution >= 0.6 is 0 Å². The largest absolute Gasteiger partial charge is 0.494 e. The number of hydrogen-bond donors (Lipinski definition) is 2. The maximum Gasteiger partial charge on any atom is 0.453 e. The highest BCUT2D eigenvalue weighted by Gasteiger charge is 2.38. The van der Waals surface area contributed by atoms with Crippen LogP contribution in [-0.2, 0) is 12.7 Å². The predicted octanol–water partition coefficient (Wildman–Crippen LogP) is 3.66. The molecule has 0 spiro atoms. The van der Waals surface area contributed by atoms with Crippen molar-refractivity contribution >= 4 is 0 Å². The Bertz CT molecular complexity index is 1020. The third kappa shape index (κ3) is 4.91. The summed E-state index contributed by atoms with van der Waals surface area (Å²) in [4.78, 5) is 0. The average molecular weight is 446 g/mol. The van der Waals surface area contributed by atoms with Gasteiger partial charge in [-0.25, -0.2) is 0 Å².